The number of carbonyl (C=O) groups is 2. The van der Waals surface area contributed by atoms with E-state index >= 15 is 0 Å². The topological polar surface area (TPSA) is 132 Å². The zero-order chi connectivity index (χ0) is 10.1. The van der Waals surface area contributed by atoms with Gasteiger partial charge in [0.25, 0.3) is 0 Å². The van der Waals surface area contributed by atoms with E-state index in [4.69, 9.17) is 0 Å². The van der Waals surface area contributed by atoms with Gasteiger partial charge in [0.15, 0.2) is 5.11 Å². The predicted octanol–water partition coefficient (Wildman–Crippen LogP) is -9.76. The molecule has 0 rings (SSSR count). The van der Waals surface area contributed by atoms with Gasteiger partial charge in [-0.05, 0) is 24.4 Å². The molecule has 6 nitrogen and oxygen atoms in total. The molecule has 0 heterocycles. The van der Waals surface area contributed by atoms with Crippen LogP contribution in [0.4, 0.5) is 0 Å². The third kappa shape index (κ3) is 55.5. The number of hydrogen-bond donors (Lipinski definition) is 2. The Bertz CT molecular complexity index is 202. The van der Waals surface area contributed by atoms with Crippen LogP contribution in [0.25, 0.3) is 0 Å². The van der Waals surface area contributed by atoms with E-state index in [9.17, 15) is 19.8 Å². The van der Waals surface area contributed by atoms with Crippen molar-refractivity contribution in [1.29, 1.82) is 0 Å². The quantitative estimate of drug-likeness (QED) is 0.276. The number of hydrogen-bond acceptors (Lipinski definition) is 5. The number of nitrogens with two attached hydrogens (primary N) is 2. The Kier molecular flexibility index (Phi) is 27.0. The van der Waals surface area contributed by atoms with Crippen LogP contribution in [0.2, 0.25) is 0 Å². The molecular formula is C5H6N2Na2O4S. The van der Waals surface area contributed by atoms with Crippen molar-refractivity contribution in [3.05, 3.63) is 12.2 Å². The van der Waals surface area contributed by atoms with E-state index < -0.39 is 11.9 Å². The maximum atomic E-state index is 9.41. The Hall–Kier alpha value is 0.370. The van der Waals surface area contributed by atoms with Gasteiger partial charge in [-0.25, -0.2) is 0 Å². The Morgan fingerprint density at radius 3 is 1.21 bits per heavy atom. The maximum absolute atomic E-state index is 9.41. The van der Waals surface area contributed by atoms with E-state index in [2.05, 4.69) is 23.7 Å². The van der Waals surface area contributed by atoms with E-state index in [-0.39, 0.29) is 64.2 Å². The summed E-state index contributed by atoms with van der Waals surface area (Å²) < 4.78 is 0. The Morgan fingerprint density at radius 2 is 1.14 bits per heavy atom. The summed E-state index contributed by atoms with van der Waals surface area (Å²) in [6.07, 6.45) is 0.769. The molecule has 0 aliphatic heterocycles. The molecule has 0 spiro atoms. The van der Waals surface area contributed by atoms with E-state index in [1.54, 1.807) is 0 Å². The SMILES string of the molecule is NC(N)=S.O=C([O-])C=CC(=O)[O-].[Na+].[Na+]. The predicted molar refractivity (Wildman–Crippen MR) is 40.1 cm³/mol. The molecule has 9 heteroatoms. The van der Waals surface area contributed by atoms with Gasteiger partial charge in [-0.1, -0.05) is 0 Å². The summed E-state index contributed by atoms with van der Waals surface area (Å²) >= 11 is 4.09. The van der Waals surface area contributed by atoms with Crippen LogP contribution in [0.15, 0.2) is 12.2 Å². The number of thiocarbonyl (C=S) groups is 1. The third-order valence-corrected chi connectivity index (χ3v) is 0.355. The number of carbonyl (C=O) groups excluding carboxylic acids is 2. The fourth-order valence-corrected chi connectivity index (χ4v) is 0.136. The number of carboxylic acids is 2. The molecule has 0 atom stereocenters. The molecule has 0 aliphatic rings. The second-order valence-corrected chi connectivity index (χ2v) is 1.85. The molecular weight excluding hydrogens is 230 g/mol. The number of rotatable bonds is 2. The van der Waals surface area contributed by atoms with Gasteiger partial charge in [-0.3, -0.25) is 0 Å². The summed E-state index contributed by atoms with van der Waals surface area (Å²) in [5, 5.41) is 18.8. The molecule has 0 saturated carbocycles. The Morgan fingerprint density at radius 1 is 1.00 bits per heavy atom. The molecule has 68 valence electrons. The number of carboxylic acid groups (broad SMARTS) is 2. The summed E-state index contributed by atoms with van der Waals surface area (Å²) in [6.45, 7) is 0. The first kappa shape index (κ1) is 23.9. The first-order chi connectivity index (χ1) is 5.36. The molecule has 0 aromatic carbocycles. The second kappa shape index (κ2) is 15.8. The van der Waals surface area contributed by atoms with Crippen LogP contribution in [-0.2, 0) is 9.59 Å². The van der Waals surface area contributed by atoms with Gasteiger partial charge in [0, 0.05) is 0 Å². The minimum absolute atomic E-state index is 0. The van der Waals surface area contributed by atoms with Crippen molar-refractivity contribution in [2.75, 3.05) is 0 Å². The normalized spacial score (nSPS) is 7.14. The molecule has 0 aliphatic carbocycles. The van der Waals surface area contributed by atoms with Gasteiger partial charge in [-0.15, -0.1) is 0 Å². The smallest absolute Gasteiger partial charge is 0.545 e. The maximum Gasteiger partial charge on any atom is 1.00 e. The van der Waals surface area contributed by atoms with Gasteiger partial charge in [0.1, 0.15) is 0 Å². The first-order valence-electron chi connectivity index (χ1n) is 2.51. The first-order valence-corrected chi connectivity index (χ1v) is 2.92. The molecule has 0 fully saturated rings. The molecule has 0 amide bonds. The molecule has 4 N–H and O–H groups in total. The largest absolute Gasteiger partial charge is 1.00 e. The van der Waals surface area contributed by atoms with Crippen molar-refractivity contribution in [3.8, 4) is 0 Å². The third-order valence-electron chi connectivity index (χ3n) is 0.355. The Labute approximate surface area is 130 Å². The van der Waals surface area contributed by atoms with Gasteiger partial charge in [-0.2, -0.15) is 0 Å². The van der Waals surface area contributed by atoms with Crippen molar-refractivity contribution in [2.45, 2.75) is 0 Å². The van der Waals surface area contributed by atoms with Crippen molar-refractivity contribution >= 4 is 29.3 Å². The van der Waals surface area contributed by atoms with Gasteiger partial charge >= 0.3 is 59.1 Å². The van der Waals surface area contributed by atoms with Crippen LogP contribution in [0.1, 0.15) is 0 Å². The monoisotopic (exact) mass is 236 g/mol. The van der Waals surface area contributed by atoms with E-state index in [1.807, 2.05) is 0 Å². The summed E-state index contributed by atoms with van der Waals surface area (Å²) in [5.41, 5.74) is 9.24. The second-order valence-electron chi connectivity index (χ2n) is 1.37. The standard InChI is InChI=1S/C4H4O4.CH4N2S.2Na/c5-3(6)1-2-4(7)8;2-1(3)4;;/h1-2H,(H,5,6)(H,7,8);(H4,2,3,4);;/q;;2*+1/p-2. The fraction of sp³-hybridized carbons (Fsp3) is 0. The molecule has 0 aromatic heterocycles. The summed E-state index contributed by atoms with van der Waals surface area (Å²) in [7, 11) is 0. The average molecular weight is 236 g/mol. The van der Waals surface area contributed by atoms with Crippen LogP contribution >= 0.6 is 12.2 Å². The van der Waals surface area contributed by atoms with Crippen molar-refractivity contribution < 1.29 is 78.9 Å². The molecule has 0 saturated heterocycles. The molecule has 14 heavy (non-hydrogen) atoms. The zero-order valence-corrected chi connectivity index (χ0v) is 12.7. The van der Waals surface area contributed by atoms with Crippen molar-refractivity contribution in [2.24, 2.45) is 11.5 Å². The average Bonchev–Trinajstić information content (AvgIpc) is 1.82. The zero-order valence-electron chi connectivity index (χ0n) is 7.85. The van der Waals surface area contributed by atoms with Crippen molar-refractivity contribution in [1.82, 2.24) is 0 Å². The van der Waals surface area contributed by atoms with Crippen LogP contribution < -0.4 is 80.8 Å². The fourth-order valence-electron chi connectivity index (χ4n) is 0.136. The summed E-state index contributed by atoms with van der Waals surface area (Å²) in [4.78, 5) is 18.8. The van der Waals surface area contributed by atoms with Crippen LogP contribution in [0.5, 0.6) is 0 Å². The van der Waals surface area contributed by atoms with E-state index in [0.717, 1.165) is 0 Å². The summed E-state index contributed by atoms with van der Waals surface area (Å²) in [6, 6.07) is 0. The van der Waals surface area contributed by atoms with Gasteiger partial charge in [0.05, 0.1) is 11.9 Å². The van der Waals surface area contributed by atoms with Crippen LogP contribution in [-0.4, -0.2) is 17.1 Å². The van der Waals surface area contributed by atoms with Gasteiger partial charge in [0.2, 0.25) is 0 Å². The molecule has 0 radical (unpaired) electrons. The van der Waals surface area contributed by atoms with Crippen LogP contribution in [0, 0.1) is 0 Å². The van der Waals surface area contributed by atoms with Crippen molar-refractivity contribution in [3.63, 3.8) is 0 Å². The number of aliphatic carboxylic acids is 2. The molecule has 0 unspecified atom stereocenters. The van der Waals surface area contributed by atoms with Crippen LogP contribution in [0.3, 0.4) is 0 Å². The molecule has 0 aromatic rings. The van der Waals surface area contributed by atoms with E-state index in [0.29, 0.717) is 12.2 Å². The minimum Gasteiger partial charge on any atom is -0.545 e. The molecule has 0 bridgehead atoms. The van der Waals surface area contributed by atoms with Gasteiger partial charge < -0.3 is 31.3 Å². The minimum atomic E-state index is -1.55. The summed E-state index contributed by atoms with van der Waals surface area (Å²) in [5.74, 6) is -3.09. The van der Waals surface area contributed by atoms with E-state index in [1.165, 1.54) is 0 Å². The Balaban J connectivity index is -0.0000000733.